The molecule has 1 fully saturated rings. The molecule has 1 N–H and O–H groups in total. The predicted octanol–water partition coefficient (Wildman–Crippen LogP) is 1.67. The van der Waals surface area contributed by atoms with Gasteiger partial charge in [-0.05, 0) is 37.8 Å². The van der Waals surface area contributed by atoms with Crippen molar-refractivity contribution in [1.29, 1.82) is 0 Å². The molecule has 27 heavy (non-hydrogen) atoms. The van der Waals surface area contributed by atoms with E-state index < -0.39 is 0 Å². The second-order valence-corrected chi connectivity index (χ2v) is 6.96. The van der Waals surface area contributed by atoms with E-state index in [9.17, 15) is 4.79 Å². The maximum atomic E-state index is 11.3. The summed E-state index contributed by atoms with van der Waals surface area (Å²) in [5.41, 5.74) is 2.51. The SMILES string of the molecule is C=CC(=O)NCc1ccnc(Sc2c(C)nc(N3CCOCC3)nc2C)n1. The summed E-state index contributed by atoms with van der Waals surface area (Å²) < 4.78 is 5.39. The Morgan fingerprint density at radius 3 is 2.67 bits per heavy atom. The molecule has 0 radical (unpaired) electrons. The lowest BCUT2D eigenvalue weighted by Gasteiger charge is -2.27. The van der Waals surface area contributed by atoms with Crippen molar-refractivity contribution in [3.63, 3.8) is 0 Å². The van der Waals surface area contributed by atoms with Crippen LogP contribution in [0.5, 0.6) is 0 Å². The summed E-state index contributed by atoms with van der Waals surface area (Å²) in [6, 6.07) is 1.77. The number of hydrogen-bond donors (Lipinski definition) is 1. The lowest BCUT2D eigenvalue weighted by atomic mass is 10.3. The Morgan fingerprint density at radius 2 is 2.00 bits per heavy atom. The van der Waals surface area contributed by atoms with Gasteiger partial charge in [-0.2, -0.15) is 0 Å². The topological polar surface area (TPSA) is 93.1 Å². The molecule has 1 amide bonds. The number of anilines is 1. The monoisotopic (exact) mass is 386 g/mol. The Hall–Kier alpha value is -2.52. The highest BCUT2D eigenvalue weighted by molar-refractivity contribution is 7.99. The smallest absolute Gasteiger partial charge is 0.243 e. The first-order valence-corrected chi connectivity index (χ1v) is 9.46. The van der Waals surface area contributed by atoms with Gasteiger partial charge in [0, 0.05) is 19.3 Å². The van der Waals surface area contributed by atoms with Gasteiger partial charge in [-0.15, -0.1) is 0 Å². The van der Waals surface area contributed by atoms with Gasteiger partial charge in [0.25, 0.3) is 0 Å². The van der Waals surface area contributed by atoms with Crippen molar-refractivity contribution >= 4 is 23.6 Å². The Balaban J connectivity index is 1.75. The van der Waals surface area contributed by atoms with Crippen LogP contribution in [0, 0.1) is 13.8 Å². The molecule has 0 unspecified atom stereocenters. The van der Waals surface area contributed by atoms with Gasteiger partial charge in [0.05, 0.1) is 41.7 Å². The van der Waals surface area contributed by atoms with Crippen molar-refractivity contribution < 1.29 is 9.53 Å². The van der Waals surface area contributed by atoms with Crippen molar-refractivity contribution in [2.45, 2.75) is 30.4 Å². The molecule has 142 valence electrons. The van der Waals surface area contributed by atoms with Crippen molar-refractivity contribution in [2.24, 2.45) is 0 Å². The van der Waals surface area contributed by atoms with E-state index >= 15 is 0 Å². The standard InChI is InChI=1S/C18H22N6O2S/c1-4-15(25)20-11-14-5-6-19-18(23-14)27-16-12(2)21-17(22-13(16)3)24-7-9-26-10-8-24/h4-6H,1,7-11H2,2-3H3,(H,20,25). The zero-order chi connectivity index (χ0) is 19.2. The van der Waals surface area contributed by atoms with Crippen LogP contribution in [-0.2, 0) is 16.1 Å². The van der Waals surface area contributed by atoms with E-state index in [0.717, 1.165) is 41.0 Å². The van der Waals surface area contributed by atoms with E-state index in [2.05, 4.69) is 36.7 Å². The second-order valence-electron chi connectivity index (χ2n) is 5.98. The molecular formula is C18H22N6O2S. The summed E-state index contributed by atoms with van der Waals surface area (Å²) in [4.78, 5) is 32.5. The molecule has 0 atom stereocenters. The number of amides is 1. The van der Waals surface area contributed by atoms with Gasteiger partial charge < -0.3 is 15.0 Å². The van der Waals surface area contributed by atoms with E-state index in [0.29, 0.717) is 24.9 Å². The highest BCUT2D eigenvalue weighted by Gasteiger charge is 2.18. The molecule has 0 saturated carbocycles. The van der Waals surface area contributed by atoms with Crippen LogP contribution in [0.1, 0.15) is 17.1 Å². The number of nitrogens with one attached hydrogen (secondary N) is 1. The van der Waals surface area contributed by atoms with E-state index in [1.807, 2.05) is 13.8 Å². The summed E-state index contributed by atoms with van der Waals surface area (Å²) in [6.45, 7) is 10.7. The number of carbonyl (C=O) groups excluding carboxylic acids is 1. The van der Waals surface area contributed by atoms with Crippen LogP contribution >= 0.6 is 11.8 Å². The van der Waals surface area contributed by atoms with Crippen LogP contribution in [0.15, 0.2) is 35.0 Å². The second kappa shape index (κ2) is 8.92. The molecule has 3 rings (SSSR count). The fourth-order valence-electron chi connectivity index (χ4n) is 2.61. The maximum Gasteiger partial charge on any atom is 0.243 e. The summed E-state index contributed by atoms with van der Waals surface area (Å²) >= 11 is 1.43. The number of nitrogens with zero attached hydrogens (tertiary/aromatic N) is 5. The number of rotatable bonds is 6. The van der Waals surface area contributed by atoms with Crippen LogP contribution < -0.4 is 10.2 Å². The summed E-state index contributed by atoms with van der Waals surface area (Å²) in [7, 11) is 0. The minimum atomic E-state index is -0.235. The van der Waals surface area contributed by atoms with Gasteiger partial charge in [0.1, 0.15) is 0 Å². The van der Waals surface area contributed by atoms with E-state index in [-0.39, 0.29) is 5.91 Å². The van der Waals surface area contributed by atoms with E-state index in [1.165, 1.54) is 17.8 Å². The molecule has 1 aliphatic rings. The molecule has 0 spiro atoms. The van der Waals surface area contributed by atoms with Gasteiger partial charge in [0.2, 0.25) is 11.9 Å². The predicted molar refractivity (Wildman–Crippen MR) is 103 cm³/mol. The normalized spacial score (nSPS) is 14.1. The summed E-state index contributed by atoms with van der Waals surface area (Å²) in [5, 5.41) is 3.30. The number of morpholine rings is 1. The van der Waals surface area contributed by atoms with Gasteiger partial charge in [-0.1, -0.05) is 6.58 Å². The quantitative estimate of drug-likeness (QED) is 0.592. The first-order valence-electron chi connectivity index (χ1n) is 8.65. The summed E-state index contributed by atoms with van der Waals surface area (Å²) in [6.07, 6.45) is 2.91. The fourth-order valence-corrected chi connectivity index (χ4v) is 3.45. The molecule has 1 aliphatic heterocycles. The third-order valence-corrected chi connectivity index (χ3v) is 5.17. The van der Waals surface area contributed by atoms with Gasteiger partial charge in [-0.25, -0.2) is 19.9 Å². The van der Waals surface area contributed by atoms with Gasteiger partial charge in [0.15, 0.2) is 5.16 Å². The van der Waals surface area contributed by atoms with E-state index in [1.54, 1.807) is 12.3 Å². The average molecular weight is 386 g/mol. The Morgan fingerprint density at radius 1 is 1.30 bits per heavy atom. The van der Waals surface area contributed by atoms with Crippen LogP contribution in [0.25, 0.3) is 0 Å². The Bertz CT molecular complexity index is 815. The lowest BCUT2D eigenvalue weighted by Crippen LogP contribution is -2.37. The van der Waals surface area contributed by atoms with Crippen molar-refractivity contribution in [3.8, 4) is 0 Å². The molecule has 2 aromatic rings. The third-order valence-electron chi connectivity index (χ3n) is 4.00. The molecule has 9 heteroatoms. The average Bonchev–Trinajstić information content (AvgIpc) is 2.69. The number of aryl methyl sites for hydroxylation is 2. The summed E-state index contributed by atoms with van der Waals surface area (Å²) in [5.74, 6) is 0.501. The molecule has 0 aliphatic carbocycles. The highest BCUT2D eigenvalue weighted by Crippen LogP contribution is 2.30. The number of ether oxygens (including phenoxy) is 1. The molecule has 2 aromatic heterocycles. The molecule has 0 bridgehead atoms. The number of hydrogen-bond acceptors (Lipinski definition) is 8. The number of aromatic nitrogens is 4. The highest BCUT2D eigenvalue weighted by atomic mass is 32.2. The van der Waals surface area contributed by atoms with Crippen LogP contribution in [-0.4, -0.2) is 52.1 Å². The van der Waals surface area contributed by atoms with Crippen molar-refractivity contribution in [3.05, 3.63) is 42.0 Å². The van der Waals surface area contributed by atoms with Crippen LogP contribution in [0.4, 0.5) is 5.95 Å². The Kier molecular flexibility index (Phi) is 6.36. The fraction of sp³-hybridized carbons (Fsp3) is 0.389. The molecule has 0 aromatic carbocycles. The largest absolute Gasteiger partial charge is 0.378 e. The van der Waals surface area contributed by atoms with E-state index in [4.69, 9.17) is 4.74 Å². The minimum absolute atomic E-state index is 0.235. The van der Waals surface area contributed by atoms with Gasteiger partial charge >= 0.3 is 0 Å². The maximum absolute atomic E-state index is 11.3. The zero-order valence-electron chi connectivity index (χ0n) is 15.4. The number of carbonyl (C=O) groups is 1. The first kappa shape index (κ1) is 19.2. The molecule has 1 saturated heterocycles. The third kappa shape index (κ3) is 5.01. The van der Waals surface area contributed by atoms with Crippen molar-refractivity contribution in [2.75, 3.05) is 31.2 Å². The van der Waals surface area contributed by atoms with Crippen LogP contribution in [0.2, 0.25) is 0 Å². The molecule has 8 nitrogen and oxygen atoms in total. The zero-order valence-corrected chi connectivity index (χ0v) is 16.3. The minimum Gasteiger partial charge on any atom is -0.378 e. The van der Waals surface area contributed by atoms with Gasteiger partial charge in [-0.3, -0.25) is 4.79 Å². The first-order chi connectivity index (χ1) is 13.1. The molecular weight excluding hydrogens is 364 g/mol. The van der Waals surface area contributed by atoms with Crippen LogP contribution in [0.3, 0.4) is 0 Å². The lowest BCUT2D eigenvalue weighted by molar-refractivity contribution is -0.116. The molecule has 3 heterocycles. The Labute approximate surface area is 162 Å². The van der Waals surface area contributed by atoms with Crippen molar-refractivity contribution in [1.82, 2.24) is 25.3 Å².